The van der Waals surface area contributed by atoms with Gasteiger partial charge in [-0.25, -0.2) is 0 Å². The molecule has 0 aromatic rings. The van der Waals surface area contributed by atoms with Gasteiger partial charge in [-0.3, -0.25) is 0 Å². The van der Waals surface area contributed by atoms with Gasteiger partial charge in [0.25, 0.3) is 0 Å². The average molecular weight is 245 g/mol. The molecule has 0 rings (SSSR count). The van der Waals surface area contributed by atoms with Gasteiger partial charge >= 0.3 is 68.6 Å². The Morgan fingerprint density at radius 2 is 1.55 bits per heavy atom. The van der Waals surface area contributed by atoms with Gasteiger partial charge in [-0.15, -0.1) is 0 Å². The van der Waals surface area contributed by atoms with Crippen LogP contribution in [0.4, 0.5) is 0 Å². The van der Waals surface area contributed by atoms with Crippen LogP contribution in [0.25, 0.3) is 0 Å². The molecule has 0 atom stereocenters. The molecule has 3 nitrogen and oxygen atoms in total. The Hall–Kier alpha value is -0.367. The number of unbranched alkanes of at least 4 members (excludes halogenated alkanes) is 1. The Balaban J connectivity index is 4.16. The summed E-state index contributed by atoms with van der Waals surface area (Å²) < 4.78 is 0. The summed E-state index contributed by atoms with van der Waals surface area (Å²) in [5.74, 6) is 0. The summed E-state index contributed by atoms with van der Waals surface area (Å²) in [7, 11) is 0. The van der Waals surface area contributed by atoms with E-state index in [0.717, 1.165) is 12.8 Å². The molecule has 0 saturated heterocycles. The Morgan fingerprint density at radius 1 is 1.09 bits per heavy atom. The summed E-state index contributed by atoms with van der Waals surface area (Å²) in [6, 6.07) is 0. The van der Waals surface area contributed by atoms with E-state index in [1.54, 1.807) is 0 Å². The van der Waals surface area contributed by atoms with E-state index in [0.29, 0.717) is 19.7 Å². The van der Waals surface area contributed by atoms with E-state index in [1.807, 2.05) is 6.92 Å². The fourth-order valence-electron chi connectivity index (χ4n) is 0.525. The monoisotopic (exact) mass is 246 g/mol. The Bertz CT molecular complexity index is 134. The molecule has 0 fully saturated rings. The van der Waals surface area contributed by atoms with Gasteiger partial charge in [-0.2, -0.15) is 0 Å². The predicted molar refractivity (Wildman–Crippen MR) is 40.0 cm³/mol. The van der Waals surface area contributed by atoms with Crippen molar-refractivity contribution in [2.45, 2.75) is 24.8 Å². The van der Waals surface area contributed by atoms with E-state index in [1.165, 1.54) is 0 Å². The first-order valence-corrected chi connectivity index (χ1v) is 7.52. The molecule has 0 aliphatic carbocycles. The van der Waals surface area contributed by atoms with E-state index in [2.05, 4.69) is 0 Å². The average Bonchev–Trinajstić information content (AvgIpc) is 2.08. The van der Waals surface area contributed by atoms with E-state index >= 15 is 0 Å². The van der Waals surface area contributed by atoms with Crippen molar-refractivity contribution in [3.8, 4) is 0 Å². The van der Waals surface area contributed by atoms with Gasteiger partial charge < -0.3 is 0 Å². The standard InChI is InChI=1S/C4H9.3CHO.Ru/c1-3-4-2;3*1-2;/h1,3-4H2,2H3;3*1H;. The Kier molecular flexibility index (Phi) is 5.13. The summed E-state index contributed by atoms with van der Waals surface area (Å²) in [6.07, 6.45) is 1.71. The molecule has 0 heterocycles. The van der Waals surface area contributed by atoms with Crippen molar-refractivity contribution in [1.29, 1.82) is 0 Å². The molecular weight excluding hydrogens is 233 g/mol. The third-order valence-corrected chi connectivity index (χ3v) is 5.66. The first-order chi connectivity index (χ1) is 5.24. The van der Waals surface area contributed by atoms with Gasteiger partial charge in [0.1, 0.15) is 0 Å². The van der Waals surface area contributed by atoms with Crippen LogP contribution in [0.1, 0.15) is 19.8 Å². The molecule has 0 spiro atoms. The van der Waals surface area contributed by atoms with Crippen molar-refractivity contribution in [2.75, 3.05) is 0 Å². The van der Waals surface area contributed by atoms with Crippen LogP contribution < -0.4 is 0 Å². The first-order valence-electron chi connectivity index (χ1n) is 3.28. The van der Waals surface area contributed by atoms with Crippen LogP contribution in [-0.4, -0.2) is 14.6 Å². The molecule has 0 aliphatic heterocycles. The number of carbonyl (C=O) groups is 3. The van der Waals surface area contributed by atoms with Crippen LogP contribution in [0.3, 0.4) is 0 Å². The van der Waals surface area contributed by atoms with Gasteiger partial charge in [0.2, 0.25) is 0 Å². The Morgan fingerprint density at radius 3 is 1.82 bits per heavy atom. The van der Waals surface area contributed by atoms with Crippen LogP contribution in [0.5, 0.6) is 0 Å². The topological polar surface area (TPSA) is 51.2 Å². The number of carbonyl (C=O) groups excluding carboxylic acids is 3. The fraction of sp³-hybridized carbons (Fsp3) is 0.571. The van der Waals surface area contributed by atoms with Crippen LogP contribution in [0.2, 0.25) is 5.02 Å². The molecule has 4 heteroatoms. The molecule has 0 amide bonds. The summed E-state index contributed by atoms with van der Waals surface area (Å²) in [4.78, 5) is 33.0. The van der Waals surface area contributed by atoms with Crippen molar-refractivity contribution in [1.82, 2.24) is 0 Å². The molecule has 0 aliphatic rings. The Labute approximate surface area is 69.0 Å². The second kappa shape index (κ2) is 5.31. The summed E-state index contributed by atoms with van der Waals surface area (Å²) in [5.41, 5.74) is 0. The second-order valence-corrected chi connectivity index (χ2v) is 8.03. The molecule has 0 aromatic carbocycles. The van der Waals surface area contributed by atoms with Crippen molar-refractivity contribution in [3.63, 3.8) is 0 Å². The SMILES string of the molecule is CCC[CH2][Ru]([CH]=O)([CH]=O)[CH]=O. The minimum atomic E-state index is -3.10. The molecular formula is C7H12O3Ru. The van der Waals surface area contributed by atoms with Gasteiger partial charge in [0, 0.05) is 0 Å². The van der Waals surface area contributed by atoms with Crippen LogP contribution >= 0.6 is 0 Å². The van der Waals surface area contributed by atoms with Gasteiger partial charge in [0.15, 0.2) is 0 Å². The van der Waals surface area contributed by atoms with E-state index in [-0.39, 0.29) is 0 Å². The van der Waals surface area contributed by atoms with Crippen LogP contribution in [0.15, 0.2) is 0 Å². The van der Waals surface area contributed by atoms with E-state index in [4.69, 9.17) is 0 Å². The zero-order valence-corrected chi connectivity index (χ0v) is 8.17. The summed E-state index contributed by atoms with van der Waals surface area (Å²) in [5, 5.41) is 0.503. The number of hydrogen-bond donors (Lipinski definition) is 0. The molecule has 0 saturated carbocycles. The van der Waals surface area contributed by atoms with Gasteiger partial charge in [0.05, 0.1) is 0 Å². The first kappa shape index (κ1) is 10.6. The third-order valence-electron chi connectivity index (χ3n) is 1.25. The third kappa shape index (κ3) is 3.02. The minimum absolute atomic E-state index is 0.503. The maximum absolute atomic E-state index is 10.4. The maximum atomic E-state index is 10.4. The van der Waals surface area contributed by atoms with Gasteiger partial charge in [-0.1, -0.05) is 0 Å². The molecule has 0 unspecified atom stereocenters. The van der Waals surface area contributed by atoms with Crippen molar-refractivity contribution >= 4 is 14.6 Å². The zero-order valence-electron chi connectivity index (χ0n) is 6.43. The van der Waals surface area contributed by atoms with E-state index in [9.17, 15) is 14.4 Å². The van der Waals surface area contributed by atoms with Crippen LogP contribution in [-0.2, 0) is 29.2 Å². The molecule has 0 bridgehead atoms. The van der Waals surface area contributed by atoms with E-state index < -0.39 is 14.8 Å². The molecule has 0 aromatic heterocycles. The van der Waals surface area contributed by atoms with Crippen LogP contribution in [0, 0.1) is 0 Å². The number of rotatable bonds is 6. The fourth-order valence-corrected chi connectivity index (χ4v) is 3.11. The molecule has 0 radical (unpaired) electrons. The second-order valence-electron chi connectivity index (χ2n) is 2.07. The predicted octanol–water partition coefficient (Wildman–Crippen LogP) is 0.929. The summed E-state index contributed by atoms with van der Waals surface area (Å²) >= 11 is -3.10. The number of hydrogen-bond acceptors (Lipinski definition) is 3. The van der Waals surface area contributed by atoms with Crippen molar-refractivity contribution in [2.24, 2.45) is 0 Å². The summed E-state index contributed by atoms with van der Waals surface area (Å²) in [6.45, 7) is 1.96. The quantitative estimate of drug-likeness (QED) is 0.516. The van der Waals surface area contributed by atoms with Crippen molar-refractivity contribution in [3.05, 3.63) is 0 Å². The van der Waals surface area contributed by atoms with Crippen molar-refractivity contribution < 1.29 is 29.2 Å². The van der Waals surface area contributed by atoms with Gasteiger partial charge in [-0.05, 0) is 0 Å². The normalized spacial score (nSPS) is 12.1. The molecule has 11 heavy (non-hydrogen) atoms. The molecule has 66 valence electrons. The zero-order chi connectivity index (χ0) is 8.74. The molecule has 0 N–H and O–H groups in total.